The molecule has 0 spiro atoms. The molecule has 3 N–H and O–H groups in total. The van der Waals surface area contributed by atoms with Gasteiger partial charge in [0, 0.05) is 6.04 Å². The van der Waals surface area contributed by atoms with Crippen molar-refractivity contribution in [1.82, 2.24) is 4.90 Å². The van der Waals surface area contributed by atoms with Crippen LogP contribution < -0.4 is 11.1 Å². The summed E-state index contributed by atoms with van der Waals surface area (Å²) >= 11 is 1.30. The number of nitrogens with zero attached hydrogens (tertiary/aromatic N) is 1. The molecule has 1 fully saturated rings. The van der Waals surface area contributed by atoms with Gasteiger partial charge in [0.2, 0.25) is 5.91 Å². The smallest absolute Gasteiger partial charge is 0.251 e. The Kier molecular flexibility index (Phi) is 5.32. The summed E-state index contributed by atoms with van der Waals surface area (Å²) in [4.78, 5) is 26.0. The predicted molar refractivity (Wildman–Crippen MR) is 92.8 cm³/mol. The molecule has 2 amide bonds. The van der Waals surface area contributed by atoms with E-state index in [1.807, 2.05) is 12.1 Å². The van der Waals surface area contributed by atoms with Gasteiger partial charge in [-0.15, -0.1) is 11.3 Å². The van der Waals surface area contributed by atoms with E-state index in [0.717, 1.165) is 18.6 Å². The third-order valence-corrected chi connectivity index (χ3v) is 5.14. The number of amides is 2. The zero-order valence-electron chi connectivity index (χ0n) is 13.4. The molecular weight excluding hydrogens is 326 g/mol. The van der Waals surface area contributed by atoms with Crippen LogP contribution in [0.25, 0.3) is 0 Å². The molecule has 7 heteroatoms. The Balaban J connectivity index is 1.66. The Hall–Kier alpha value is -2.12. The van der Waals surface area contributed by atoms with Crippen molar-refractivity contribution in [3.8, 4) is 0 Å². The minimum atomic E-state index is -0.533. The van der Waals surface area contributed by atoms with Crippen molar-refractivity contribution >= 4 is 28.2 Å². The van der Waals surface area contributed by atoms with Gasteiger partial charge in [0.05, 0.1) is 24.9 Å². The second-order valence-electron chi connectivity index (χ2n) is 6.00. The standard InChI is InChI=1S/C17H21N3O3S/c18-16(22)14-7-9-24-17(14)19-15(21)11-20(12-4-1-2-5-12)10-13-6-3-8-23-13/h3,6-9,12H,1-2,4-5,10-11H2,(H2,18,22)(H,19,21). The van der Waals surface area contributed by atoms with Crippen molar-refractivity contribution in [2.24, 2.45) is 5.73 Å². The molecule has 1 saturated carbocycles. The molecule has 0 unspecified atom stereocenters. The van der Waals surface area contributed by atoms with E-state index < -0.39 is 5.91 Å². The number of rotatable bonds is 7. The molecule has 3 rings (SSSR count). The highest BCUT2D eigenvalue weighted by molar-refractivity contribution is 7.14. The van der Waals surface area contributed by atoms with E-state index in [-0.39, 0.29) is 12.5 Å². The van der Waals surface area contributed by atoms with Gasteiger partial charge < -0.3 is 15.5 Å². The molecule has 6 nitrogen and oxygen atoms in total. The molecular formula is C17H21N3O3S. The van der Waals surface area contributed by atoms with Gasteiger partial charge in [-0.1, -0.05) is 12.8 Å². The van der Waals surface area contributed by atoms with Gasteiger partial charge in [-0.3, -0.25) is 14.5 Å². The summed E-state index contributed by atoms with van der Waals surface area (Å²) in [5.41, 5.74) is 5.67. The molecule has 0 aliphatic heterocycles. The Morgan fingerprint density at radius 1 is 1.33 bits per heavy atom. The average Bonchev–Trinajstić information content (AvgIpc) is 3.29. The van der Waals surface area contributed by atoms with Gasteiger partial charge in [-0.2, -0.15) is 0 Å². The number of furan rings is 1. The van der Waals surface area contributed by atoms with Crippen molar-refractivity contribution in [3.63, 3.8) is 0 Å². The van der Waals surface area contributed by atoms with Gasteiger partial charge in [-0.05, 0) is 36.4 Å². The molecule has 0 aromatic carbocycles. The van der Waals surface area contributed by atoms with E-state index in [0.29, 0.717) is 23.2 Å². The van der Waals surface area contributed by atoms with Crippen LogP contribution in [0.3, 0.4) is 0 Å². The summed E-state index contributed by atoms with van der Waals surface area (Å²) in [7, 11) is 0. The van der Waals surface area contributed by atoms with Gasteiger partial charge >= 0.3 is 0 Å². The molecule has 1 aliphatic rings. The second kappa shape index (κ2) is 7.63. The number of carbonyl (C=O) groups excluding carboxylic acids is 2. The fourth-order valence-electron chi connectivity index (χ4n) is 3.14. The van der Waals surface area contributed by atoms with Crippen LogP contribution in [0.4, 0.5) is 5.00 Å². The number of hydrogen-bond acceptors (Lipinski definition) is 5. The van der Waals surface area contributed by atoms with Gasteiger partial charge in [0.15, 0.2) is 0 Å². The summed E-state index contributed by atoms with van der Waals surface area (Å²) in [6.07, 6.45) is 6.22. The van der Waals surface area contributed by atoms with Gasteiger partial charge in [0.25, 0.3) is 5.91 Å². The van der Waals surface area contributed by atoms with Crippen LogP contribution in [-0.4, -0.2) is 29.3 Å². The minimum Gasteiger partial charge on any atom is -0.468 e. The molecule has 0 atom stereocenters. The number of carbonyl (C=O) groups is 2. The number of nitrogens with two attached hydrogens (primary N) is 1. The first-order valence-electron chi connectivity index (χ1n) is 8.07. The molecule has 2 heterocycles. The zero-order chi connectivity index (χ0) is 16.9. The molecule has 2 aromatic heterocycles. The monoisotopic (exact) mass is 347 g/mol. The number of thiophene rings is 1. The Bertz CT molecular complexity index is 690. The maximum atomic E-state index is 12.5. The predicted octanol–water partition coefficient (Wildman–Crippen LogP) is 2.82. The molecule has 128 valence electrons. The first kappa shape index (κ1) is 16.7. The molecule has 0 radical (unpaired) electrons. The Morgan fingerprint density at radius 3 is 2.79 bits per heavy atom. The fraction of sp³-hybridized carbons (Fsp3) is 0.412. The zero-order valence-corrected chi connectivity index (χ0v) is 14.2. The SMILES string of the molecule is NC(=O)c1ccsc1NC(=O)CN(Cc1ccco1)C1CCCC1. The van der Waals surface area contributed by atoms with Crippen LogP contribution in [-0.2, 0) is 11.3 Å². The summed E-state index contributed by atoms with van der Waals surface area (Å²) in [5, 5.41) is 5.07. The topological polar surface area (TPSA) is 88.6 Å². The molecule has 24 heavy (non-hydrogen) atoms. The van der Waals surface area contributed by atoms with Crippen LogP contribution in [0.5, 0.6) is 0 Å². The normalized spacial score (nSPS) is 15.0. The van der Waals surface area contributed by atoms with E-state index >= 15 is 0 Å². The van der Waals surface area contributed by atoms with Crippen molar-refractivity contribution in [2.75, 3.05) is 11.9 Å². The number of nitrogens with one attached hydrogen (secondary N) is 1. The molecule has 0 bridgehead atoms. The summed E-state index contributed by atoms with van der Waals surface area (Å²) in [5.74, 6) is 0.178. The Morgan fingerprint density at radius 2 is 2.12 bits per heavy atom. The summed E-state index contributed by atoms with van der Waals surface area (Å²) in [6, 6.07) is 5.79. The number of hydrogen-bond donors (Lipinski definition) is 2. The van der Waals surface area contributed by atoms with Crippen molar-refractivity contribution < 1.29 is 14.0 Å². The lowest BCUT2D eigenvalue weighted by molar-refractivity contribution is -0.118. The fourth-order valence-corrected chi connectivity index (χ4v) is 3.95. The van der Waals surface area contributed by atoms with E-state index in [2.05, 4.69) is 10.2 Å². The average molecular weight is 347 g/mol. The van der Waals surface area contributed by atoms with Crippen LogP contribution in [0, 0.1) is 0 Å². The van der Waals surface area contributed by atoms with Crippen molar-refractivity contribution in [2.45, 2.75) is 38.3 Å². The molecule has 0 saturated heterocycles. The number of primary amides is 1. The highest BCUT2D eigenvalue weighted by atomic mass is 32.1. The number of anilines is 1. The van der Waals surface area contributed by atoms with Crippen molar-refractivity contribution in [3.05, 3.63) is 41.2 Å². The summed E-state index contributed by atoms with van der Waals surface area (Å²) < 4.78 is 5.43. The van der Waals surface area contributed by atoms with Crippen LogP contribution in [0.2, 0.25) is 0 Å². The van der Waals surface area contributed by atoms with Crippen LogP contribution >= 0.6 is 11.3 Å². The third kappa shape index (κ3) is 4.04. The van der Waals surface area contributed by atoms with E-state index in [1.165, 1.54) is 24.2 Å². The first-order chi connectivity index (χ1) is 11.6. The largest absolute Gasteiger partial charge is 0.468 e. The second-order valence-corrected chi connectivity index (χ2v) is 6.91. The van der Waals surface area contributed by atoms with Crippen LogP contribution in [0.15, 0.2) is 34.3 Å². The maximum absolute atomic E-state index is 12.5. The van der Waals surface area contributed by atoms with E-state index in [4.69, 9.17) is 10.2 Å². The Labute approximate surface area is 144 Å². The van der Waals surface area contributed by atoms with Gasteiger partial charge in [0.1, 0.15) is 10.8 Å². The molecule has 1 aliphatic carbocycles. The van der Waals surface area contributed by atoms with E-state index in [9.17, 15) is 9.59 Å². The highest BCUT2D eigenvalue weighted by Crippen LogP contribution is 2.26. The highest BCUT2D eigenvalue weighted by Gasteiger charge is 2.25. The van der Waals surface area contributed by atoms with Gasteiger partial charge in [-0.25, -0.2) is 0 Å². The lowest BCUT2D eigenvalue weighted by Gasteiger charge is -2.27. The third-order valence-electron chi connectivity index (χ3n) is 4.31. The minimum absolute atomic E-state index is 0.140. The lowest BCUT2D eigenvalue weighted by atomic mass is 10.2. The lowest BCUT2D eigenvalue weighted by Crippen LogP contribution is -2.39. The van der Waals surface area contributed by atoms with Crippen molar-refractivity contribution in [1.29, 1.82) is 0 Å². The first-order valence-corrected chi connectivity index (χ1v) is 8.95. The van der Waals surface area contributed by atoms with Crippen LogP contribution in [0.1, 0.15) is 41.8 Å². The molecule has 2 aromatic rings. The summed E-state index contributed by atoms with van der Waals surface area (Å²) in [6.45, 7) is 0.875. The van der Waals surface area contributed by atoms with E-state index in [1.54, 1.807) is 17.7 Å². The maximum Gasteiger partial charge on any atom is 0.251 e. The quantitative estimate of drug-likeness (QED) is 0.806.